The van der Waals surface area contributed by atoms with Crippen LogP contribution in [0.15, 0.2) is 180 Å². The monoisotopic (exact) mass is 650 g/mol. The second kappa shape index (κ2) is 10.8. The SMILES string of the molecule is c1ccc(-n2c3ccccc3c3cc(-c4ccc5[nH]c6ccc(-c7ccc(-c8cccc9c8oc8ccccc89)cc7)cc6c5c4)ccc32)cc1. The van der Waals surface area contributed by atoms with Crippen molar-refractivity contribution in [2.45, 2.75) is 0 Å². The molecule has 0 saturated heterocycles. The fourth-order valence-electron chi connectivity index (χ4n) is 8.08. The molecule has 3 heterocycles. The van der Waals surface area contributed by atoms with Crippen molar-refractivity contribution in [1.29, 1.82) is 0 Å². The summed E-state index contributed by atoms with van der Waals surface area (Å²) >= 11 is 0. The molecular weight excluding hydrogens is 621 g/mol. The standard InChI is InChI=1S/C48H30N2O/c1-2-9-35(10-3-1)50-45-15-6-4-11-37(45)42-29-34(23-26-46(42)50)33-22-25-44-41(28-33)40-27-32(21-24-43(40)49-44)30-17-19-31(20-18-30)36-13-8-14-39-38-12-5-7-16-47(38)51-48(36)39/h1-29,49H. The van der Waals surface area contributed by atoms with Gasteiger partial charge in [0.15, 0.2) is 0 Å². The topological polar surface area (TPSA) is 33.9 Å². The molecule has 0 spiro atoms. The van der Waals surface area contributed by atoms with E-state index in [-0.39, 0.29) is 0 Å². The van der Waals surface area contributed by atoms with E-state index in [1.807, 2.05) is 12.1 Å². The fourth-order valence-corrected chi connectivity index (χ4v) is 8.08. The molecule has 11 rings (SSSR count). The van der Waals surface area contributed by atoms with E-state index in [0.29, 0.717) is 0 Å². The third kappa shape index (κ3) is 4.32. The van der Waals surface area contributed by atoms with E-state index in [2.05, 4.69) is 173 Å². The molecule has 0 bridgehead atoms. The average Bonchev–Trinajstić information content (AvgIpc) is 3.87. The Balaban J connectivity index is 0.985. The van der Waals surface area contributed by atoms with Gasteiger partial charge in [-0.05, 0) is 88.5 Å². The van der Waals surface area contributed by atoms with Crippen LogP contribution in [-0.2, 0) is 0 Å². The lowest BCUT2D eigenvalue weighted by atomic mass is 9.97. The molecule has 0 fully saturated rings. The van der Waals surface area contributed by atoms with Gasteiger partial charge in [-0.25, -0.2) is 0 Å². The highest BCUT2D eigenvalue weighted by atomic mass is 16.3. The Labute approximate surface area is 293 Å². The molecule has 3 heteroatoms. The van der Waals surface area contributed by atoms with Gasteiger partial charge in [0.1, 0.15) is 11.2 Å². The lowest BCUT2D eigenvalue weighted by molar-refractivity contribution is 0.670. The zero-order valence-electron chi connectivity index (χ0n) is 27.6. The normalized spacial score (nSPS) is 11.9. The summed E-state index contributed by atoms with van der Waals surface area (Å²) in [5, 5.41) is 7.27. The summed E-state index contributed by atoms with van der Waals surface area (Å²) < 4.78 is 8.70. The number of fused-ring (bicyclic) bond motifs is 9. The molecular formula is C48H30N2O. The molecule has 0 aliphatic rings. The van der Waals surface area contributed by atoms with Crippen LogP contribution in [0.3, 0.4) is 0 Å². The van der Waals surface area contributed by atoms with Crippen molar-refractivity contribution >= 4 is 65.6 Å². The quantitative estimate of drug-likeness (QED) is 0.202. The first-order valence-electron chi connectivity index (χ1n) is 17.4. The lowest BCUT2D eigenvalue weighted by Gasteiger charge is -2.08. The lowest BCUT2D eigenvalue weighted by Crippen LogP contribution is -1.92. The van der Waals surface area contributed by atoms with E-state index >= 15 is 0 Å². The van der Waals surface area contributed by atoms with Gasteiger partial charge in [0.2, 0.25) is 0 Å². The number of nitrogens with zero attached hydrogens (tertiary/aromatic N) is 1. The van der Waals surface area contributed by atoms with E-state index in [1.54, 1.807) is 0 Å². The molecule has 0 unspecified atom stereocenters. The molecule has 0 atom stereocenters. The van der Waals surface area contributed by atoms with Crippen molar-refractivity contribution in [3.8, 4) is 39.1 Å². The minimum absolute atomic E-state index is 0.919. The zero-order valence-corrected chi connectivity index (χ0v) is 27.6. The number of rotatable bonds is 4. The van der Waals surface area contributed by atoms with Gasteiger partial charge in [-0.15, -0.1) is 0 Å². The Bertz CT molecular complexity index is 3120. The molecule has 3 nitrogen and oxygen atoms in total. The minimum atomic E-state index is 0.919. The van der Waals surface area contributed by atoms with Gasteiger partial charge < -0.3 is 14.0 Å². The van der Waals surface area contributed by atoms with Crippen LogP contribution in [0.4, 0.5) is 0 Å². The molecule has 1 N–H and O–H groups in total. The van der Waals surface area contributed by atoms with Gasteiger partial charge >= 0.3 is 0 Å². The van der Waals surface area contributed by atoms with E-state index in [4.69, 9.17) is 4.42 Å². The van der Waals surface area contributed by atoms with Crippen molar-refractivity contribution in [3.05, 3.63) is 176 Å². The molecule has 238 valence electrons. The second-order valence-corrected chi connectivity index (χ2v) is 13.4. The number of aromatic amines is 1. The van der Waals surface area contributed by atoms with Crippen LogP contribution >= 0.6 is 0 Å². The van der Waals surface area contributed by atoms with Crippen LogP contribution in [0.25, 0.3) is 105 Å². The Hall–Kier alpha value is -6.84. The number of H-pyrrole nitrogens is 1. The summed E-state index contributed by atoms with van der Waals surface area (Å²) in [7, 11) is 0. The Morgan fingerprint density at radius 1 is 0.373 bits per heavy atom. The largest absolute Gasteiger partial charge is 0.455 e. The number of para-hydroxylation sites is 4. The molecule has 0 saturated carbocycles. The van der Waals surface area contributed by atoms with Gasteiger partial charge in [0.05, 0.1) is 11.0 Å². The summed E-state index contributed by atoms with van der Waals surface area (Å²) in [5.41, 5.74) is 14.8. The molecule has 51 heavy (non-hydrogen) atoms. The predicted octanol–water partition coefficient (Wildman–Crippen LogP) is 13.3. The van der Waals surface area contributed by atoms with Gasteiger partial charge in [0, 0.05) is 54.6 Å². The van der Waals surface area contributed by atoms with E-state index in [0.717, 1.165) is 44.1 Å². The molecule has 8 aromatic carbocycles. The van der Waals surface area contributed by atoms with Gasteiger partial charge in [-0.1, -0.05) is 115 Å². The predicted molar refractivity (Wildman–Crippen MR) is 214 cm³/mol. The molecule has 0 aliphatic heterocycles. The van der Waals surface area contributed by atoms with Crippen LogP contribution in [0.5, 0.6) is 0 Å². The summed E-state index contributed by atoms with van der Waals surface area (Å²) in [4.78, 5) is 3.66. The summed E-state index contributed by atoms with van der Waals surface area (Å²) in [6.45, 7) is 0. The first kappa shape index (κ1) is 28.0. The van der Waals surface area contributed by atoms with Gasteiger partial charge in [-0.3, -0.25) is 0 Å². The van der Waals surface area contributed by atoms with Crippen molar-refractivity contribution in [2.75, 3.05) is 0 Å². The number of nitrogens with one attached hydrogen (secondary N) is 1. The van der Waals surface area contributed by atoms with Crippen molar-refractivity contribution in [3.63, 3.8) is 0 Å². The average molecular weight is 651 g/mol. The number of benzene rings is 8. The number of aromatic nitrogens is 2. The summed E-state index contributed by atoms with van der Waals surface area (Å²) in [5.74, 6) is 0. The van der Waals surface area contributed by atoms with Crippen LogP contribution in [0, 0.1) is 0 Å². The maximum atomic E-state index is 6.33. The van der Waals surface area contributed by atoms with E-state index in [1.165, 1.54) is 60.5 Å². The highest BCUT2D eigenvalue weighted by molar-refractivity contribution is 6.13. The number of hydrogen-bond acceptors (Lipinski definition) is 1. The van der Waals surface area contributed by atoms with Crippen LogP contribution in [0.2, 0.25) is 0 Å². The number of hydrogen-bond donors (Lipinski definition) is 1. The molecule has 0 amide bonds. The molecule has 3 aromatic heterocycles. The first-order chi connectivity index (χ1) is 25.3. The maximum Gasteiger partial charge on any atom is 0.143 e. The highest BCUT2D eigenvalue weighted by Gasteiger charge is 2.15. The Morgan fingerprint density at radius 3 is 1.73 bits per heavy atom. The van der Waals surface area contributed by atoms with Gasteiger partial charge in [0.25, 0.3) is 0 Å². The fraction of sp³-hybridized carbons (Fsp3) is 0. The van der Waals surface area contributed by atoms with Crippen LogP contribution in [0.1, 0.15) is 0 Å². The zero-order chi connectivity index (χ0) is 33.5. The second-order valence-electron chi connectivity index (χ2n) is 13.4. The highest BCUT2D eigenvalue weighted by Crippen LogP contribution is 2.39. The summed E-state index contributed by atoms with van der Waals surface area (Å²) in [6, 6.07) is 63.3. The third-order valence-electron chi connectivity index (χ3n) is 10.6. The molecule has 11 aromatic rings. The Kier molecular flexibility index (Phi) is 5.96. The minimum Gasteiger partial charge on any atom is -0.455 e. The third-order valence-corrected chi connectivity index (χ3v) is 10.6. The van der Waals surface area contributed by atoms with Crippen LogP contribution < -0.4 is 0 Å². The van der Waals surface area contributed by atoms with Crippen molar-refractivity contribution in [1.82, 2.24) is 9.55 Å². The Morgan fingerprint density at radius 2 is 0.941 bits per heavy atom. The summed E-state index contributed by atoms with van der Waals surface area (Å²) in [6.07, 6.45) is 0. The maximum absolute atomic E-state index is 6.33. The molecule has 0 radical (unpaired) electrons. The van der Waals surface area contributed by atoms with E-state index < -0.39 is 0 Å². The molecule has 0 aliphatic carbocycles. The number of furan rings is 1. The van der Waals surface area contributed by atoms with Crippen LogP contribution in [-0.4, -0.2) is 9.55 Å². The van der Waals surface area contributed by atoms with E-state index in [9.17, 15) is 0 Å². The first-order valence-corrected chi connectivity index (χ1v) is 17.4. The van der Waals surface area contributed by atoms with Crippen molar-refractivity contribution in [2.24, 2.45) is 0 Å². The smallest absolute Gasteiger partial charge is 0.143 e. The van der Waals surface area contributed by atoms with Crippen molar-refractivity contribution < 1.29 is 4.42 Å². The van der Waals surface area contributed by atoms with Gasteiger partial charge in [-0.2, -0.15) is 0 Å².